The molecule has 0 unspecified atom stereocenters. The predicted molar refractivity (Wildman–Crippen MR) is 122 cm³/mol. The number of carbonyl (C=O) groups is 2. The molecule has 1 amide bonds. The molecule has 168 valence electrons. The van der Waals surface area contributed by atoms with Gasteiger partial charge in [0.2, 0.25) is 5.75 Å². The van der Waals surface area contributed by atoms with Crippen LogP contribution >= 0.6 is 0 Å². The first-order chi connectivity index (χ1) is 15.4. The standard InChI is InChI=1S/C25H27NO6/c1-7-32-25(28)21-16(3)26(18-11-8-15(2)9-12-18)24(27)19(21)14-17-10-13-20(29-4)23(31-6)22(17)30-5/h8-14H,7H2,1-6H3/b19-14-. The quantitative estimate of drug-likeness (QED) is 0.475. The van der Waals surface area contributed by atoms with Gasteiger partial charge in [0.05, 0.1) is 39.1 Å². The molecule has 3 rings (SSSR count). The molecule has 1 heterocycles. The van der Waals surface area contributed by atoms with Crippen molar-refractivity contribution >= 4 is 23.6 Å². The Morgan fingerprint density at radius 2 is 1.59 bits per heavy atom. The van der Waals surface area contributed by atoms with Crippen LogP contribution in [0.1, 0.15) is 25.0 Å². The molecule has 1 aliphatic heterocycles. The van der Waals surface area contributed by atoms with Gasteiger partial charge in [0.15, 0.2) is 11.5 Å². The molecule has 7 nitrogen and oxygen atoms in total. The Labute approximate surface area is 187 Å². The first-order valence-electron chi connectivity index (χ1n) is 10.2. The Bertz CT molecular complexity index is 1100. The molecule has 2 aromatic rings. The number of nitrogens with zero attached hydrogens (tertiary/aromatic N) is 1. The van der Waals surface area contributed by atoms with Crippen molar-refractivity contribution in [1.82, 2.24) is 0 Å². The summed E-state index contributed by atoms with van der Waals surface area (Å²) in [6.45, 7) is 5.62. The third-order valence-corrected chi connectivity index (χ3v) is 5.21. The summed E-state index contributed by atoms with van der Waals surface area (Å²) in [5.74, 6) is 0.387. The average molecular weight is 437 g/mol. The van der Waals surface area contributed by atoms with Crippen LogP contribution < -0.4 is 19.1 Å². The van der Waals surface area contributed by atoms with Gasteiger partial charge >= 0.3 is 5.97 Å². The van der Waals surface area contributed by atoms with Gasteiger partial charge in [-0.25, -0.2) is 4.79 Å². The number of methoxy groups -OCH3 is 3. The van der Waals surface area contributed by atoms with Crippen LogP contribution in [0.4, 0.5) is 5.69 Å². The summed E-state index contributed by atoms with van der Waals surface area (Å²) in [5.41, 5.74) is 3.24. The number of anilines is 1. The molecule has 0 saturated heterocycles. The molecule has 1 aliphatic rings. The Morgan fingerprint density at radius 1 is 0.938 bits per heavy atom. The van der Waals surface area contributed by atoms with Crippen LogP contribution in [0.3, 0.4) is 0 Å². The second-order valence-corrected chi connectivity index (χ2v) is 7.14. The van der Waals surface area contributed by atoms with Crippen molar-refractivity contribution in [2.45, 2.75) is 20.8 Å². The fourth-order valence-corrected chi connectivity index (χ4v) is 3.68. The largest absolute Gasteiger partial charge is 0.493 e. The lowest BCUT2D eigenvalue weighted by Gasteiger charge is -2.18. The third kappa shape index (κ3) is 4.06. The molecule has 0 spiro atoms. The van der Waals surface area contributed by atoms with Gasteiger partial charge in [-0.2, -0.15) is 0 Å². The highest BCUT2D eigenvalue weighted by molar-refractivity contribution is 6.24. The Balaban J connectivity index is 2.20. The molecule has 0 fully saturated rings. The third-order valence-electron chi connectivity index (χ3n) is 5.21. The monoisotopic (exact) mass is 437 g/mol. The van der Waals surface area contributed by atoms with Gasteiger partial charge < -0.3 is 18.9 Å². The lowest BCUT2D eigenvalue weighted by molar-refractivity contribution is -0.138. The van der Waals surface area contributed by atoms with Crippen molar-refractivity contribution in [3.8, 4) is 17.2 Å². The van der Waals surface area contributed by atoms with Crippen LogP contribution in [0.25, 0.3) is 6.08 Å². The van der Waals surface area contributed by atoms with E-state index in [1.54, 1.807) is 32.1 Å². The SMILES string of the molecule is CCOC(=O)C1=C(C)N(c2ccc(C)cc2)C(=O)/C1=C\c1ccc(OC)c(OC)c1OC. The molecule has 0 atom stereocenters. The van der Waals surface area contributed by atoms with Gasteiger partial charge in [-0.1, -0.05) is 17.7 Å². The van der Waals surface area contributed by atoms with E-state index in [0.717, 1.165) is 5.56 Å². The fourth-order valence-electron chi connectivity index (χ4n) is 3.68. The Kier molecular flexibility index (Phi) is 6.88. The Morgan fingerprint density at radius 3 is 2.16 bits per heavy atom. The van der Waals surface area contributed by atoms with Crippen molar-refractivity contribution in [3.05, 3.63) is 64.4 Å². The van der Waals surface area contributed by atoms with E-state index in [9.17, 15) is 9.59 Å². The first kappa shape index (κ1) is 22.9. The smallest absolute Gasteiger partial charge is 0.340 e. The van der Waals surface area contributed by atoms with E-state index < -0.39 is 5.97 Å². The summed E-state index contributed by atoms with van der Waals surface area (Å²) >= 11 is 0. The second kappa shape index (κ2) is 9.60. The van der Waals surface area contributed by atoms with E-state index in [1.165, 1.54) is 26.2 Å². The van der Waals surface area contributed by atoms with Gasteiger partial charge in [-0.15, -0.1) is 0 Å². The summed E-state index contributed by atoms with van der Waals surface area (Å²) in [5, 5.41) is 0. The zero-order chi connectivity index (χ0) is 23.4. The van der Waals surface area contributed by atoms with Crippen molar-refractivity contribution in [2.75, 3.05) is 32.8 Å². The molecule has 0 saturated carbocycles. The fraction of sp³-hybridized carbons (Fsp3) is 0.280. The molecule has 0 aromatic heterocycles. The molecular weight excluding hydrogens is 410 g/mol. The highest BCUT2D eigenvalue weighted by atomic mass is 16.5. The number of hydrogen-bond acceptors (Lipinski definition) is 6. The molecule has 0 radical (unpaired) electrons. The summed E-state index contributed by atoms with van der Waals surface area (Å²) in [6, 6.07) is 11.0. The maximum atomic E-state index is 13.5. The number of amides is 1. The van der Waals surface area contributed by atoms with E-state index in [4.69, 9.17) is 18.9 Å². The minimum Gasteiger partial charge on any atom is -0.493 e. The molecular formula is C25H27NO6. The van der Waals surface area contributed by atoms with Crippen LogP contribution in [0, 0.1) is 6.92 Å². The summed E-state index contributed by atoms with van der Waals surface area (Å²) in [4.78, 5) is 27.9. The number of carbonyl (C=O) groups excluding carboxylic acids is 2. The number of benzene rings is 2. The van der Waals surface area contributed by atoms with Crippen molar-refractivity contribution in [2.24, 2.45) is 0 Å². The van der Waals surface area contributed by atoms with Crippen molar-refractivity contribution in [3.63, 3.8) is 0 Å². The van der Waals surface area contributed by atoms with Gasteiger partial charge in [0.1, 0.15) is 0 Å². The summed E-state index contributed by atoms with van der Waals surface area (Å²) in [6.07, 6.45) is 1.62. The van der Waals surface area contributed by atoms with Crippen molar-refractivity contribution in [1.29, 1.82) is 0 Å². The van der Waals surface area contributed by atoms with Crippen LogP contribution in [-0.4, -0.2) is 39.8 Å². The highest BCUT2D eigenvalue weighted by Gasteiger charge is 2.38. The van der Waals surface area contributed by atoms with E-state index in [1.807, 2.05) is 31.2 Å². The topological polar surface area (TPSA) is 74.3 Å². The number of allylic oxidation sites excluding steroid dienone is 1. The van der Waals surface area contributed by atoms with Crippen LogP contribution in [0.2, 0.25) is 0 Å². The van der Waals surface area contributed by atoms with Gasteiger partial charge in [-0.05, 0) is 51.1 Å². The van der Waals surface area contributed by atoms with E-state index in [-0.39, 0.29) is 23.7 Å². The molecule has 0 aliphatic carbocycles. The van der Waals surface area contributed by atoms with E-state index >= 15 is 0 Å². The highest BCUT2D eigenvalue weighted by Crippen LogP contribution is 2.42. The average Bonchev–Trinajstić information content (AvgIpc) is 3.03. The number of ether oxygens (including phenoxy) is 4. The number of aryl methyl sites for hydroxylation is 1. The zero-order valence-corrected chi connectivity index (χ0v) is 19.1. The Hall–Kier alpha value is -3.74. The predicted octanol–water partition coefficient (Wildman–Crippen LogP) is 4.29. The molecule has 7 heteroatoms. The number of rotatable bonds is 7. The van der Waals surface area contributed by atoms with Gasteiger partial charge in [0.25, 0.3) is 5.91 Å². The zero-order valence-electron chi connectivity index (χ0n) is 19.1. The minimum atomic E-state index is -0.557. The second-order valence-electron chi connectivity index (χ2n) is 7.14. The van der Waals surface area contributed by atoms with Crippen molar-refractivity contribution < 1.29 is 28.5 Å². The summed E-state index contributed by atoms with van der Waals surface area (Å²) in [7, 11) is 4.54. The van der Waals surface area contributed by atoms with E-state index in [2.05, 4.69) is 0 Å². The minimum absolute atomic E-state index is 0.196. The molecule has 0 bridgehead atoms. The van der Waals surface area contributed by atoms with Gasteiger partial charge in [-0.3, -0.25) is 9.69 Å². The lowest BCUT2D eigenvalue weighted by Crippen LogP contribution is -2.24. The van der Waals surface area contributed by atoms with Crippen LogP contribution in [0.5, 0.6) is 17.2 Å². The van der Waals surface area contributed by atoms with Crippen LogP contribution in [0.15, 0.2) is 53.2 Å². The summed E-state index contributed by atoms with van der Waals surface area (Å²) < 4.78 is 21.6. The number of esters is 1. The van der Waals surface area contributed by atoms with Gasteiger partial charge in [0, 0.05) is 16.9 Å². The van der Waals surface area contributed by atoms with E-state index in [0.29, 0.717) is 34.2 Å². The lowest BCUT2D eigenvalue weighted by atomic mass is 10.0. The normalized spacial score (nSPS) is 14.8. The maximum Gasteiger partial charge on any atom is 0.340 e. The van der Waals surface area contributed by atoms with Crippen LogP contribution in [-0.2, 0) is 14.3 Å². The molecule has 32 heavy (non-hydrogen) atoms. The molecule has 0 N–H and O–H groups in total. The first-order valence-corrected chi connectivity index (χ1v) is 10.2. The molecule has 2 aromatic carbocycles. The maximum absolute atomic E-state index is 13.5. The number of hydrogen-bond donors (Lipinski definition) is 0.